The Kier molecular flexibility index (Phi) is 3.00. The molecule has 1 aromatic heterocycles. The van der Waals surface area contributed by atoms with E-state index in [1.165, 1.54) is 0 Å². The number of aromatic amines is 1. The SMILES string of the molecule is COc1ccccc1-c1cnc(C2(CO)COC2)[nH]1. The number of para-hydroxylation sites is 1. The first-order valence-corrected chi connectivity index (χ1v) is 6.16. The molecule has 19 heavy (non-hydrogen) atoms. The Balaban J connectivity index is 1.97. The first-order valence-electron chi connectivity index (χ1n) is 6.16. The van der Waals surface area contributed by atoms with Gasteiger partial charge in [-0.1, -0.05) is 12.1 Å². The number of aromatic nitrogens is 2. The number of H-pyrrole nitrogens is 1. The Bertz CT molecular complexity index is 570. The van der Waals surface area contributed by atoms with Gasteiger partial charge in [-0.3, -0.25) is 0 Å². The summed E-state index contributed by atoms with van der Waals surface area (Å²) in [5.41, 5.74) is 1.46. The normalized spacial score (nSPS) is 16.9. The second-order valence-electron chi connectivity index (χ2n) is 4.78. The van der Waals surface area contributed by atoms with Crippen LogP contribution in [0.25, 0.3) is 11.3 Å². The fourth-order valence-corrected chi connectivity index (χ4v) is 2.25. The van der Waals surface area contributed by atoms with Gasteiger partial charge < -0.3 is 19.6 Å². The van der Waals surface area contributed by atoms with Crippen LogP contribution in [0.4, 0.5) is 0 Å². The van der Waals surface area contributed by atoms with Crippen molar-refractivity contribution in [3.05, 3.63) is 36.3 Å². The first kappa shape index (κ1) is 12.2. The molecule has 0 amide bonds. The van der Waals surface area contributed by atoms with E-state index in [4.69, 9.17) is 9.47 Å². The molecule has 3 rings (SSSR count). The molecule has 1 fully saturated rings. The van der Waals surface area contributed by atoms with Crippen LogP contribution < -0.4 is 4.74 Å². The number of rotatable bonds is 4. The average Bonchev–Trinajstić information content (AvgIpc) is 2.88. The number of benzene rings is 1. The molecule has 5 nitrogen and oxygen atoms in total. The maximum absolute atomic E-state index is 9.51. The van der Waals surface area contributed by atoms with Gasteiger partial charge in [0.2, 0.25) is 0 Å². The summed E-state index contributed by atoms with van der Waals surface area (Å²) in [7, 11) is 1.64. The zero-order chi connectivity index (χ0) is 13.3. The van der Waals surface area contributed by atoms with E-state index in [1.54, 1.807) is 13.3 Å². The third-order valence-electron chi connectivity index (χ3n) is 3.53. The monoisotopic (exact) mass is 260 g/mol. The van der Waals surface area contributed by atoms with Crippen LogP contribution in [0.1, 0.15) is 5.82 Å². The predicted octanol–water partition coefficient (Wildman–Crippen LogP) is 1.35. The summed E-state index contributed by atoms with van der Waals surface area (Å²) < 4.78 is 10.5. The molecular formula is C14H16N2O3. The largest absolute Gasteiger partial charge is 0.496 e. The summed E-state index contributed by atoms with van der Waals surface area (Å²) in [6.07, 6.45) is 1.77. The molecule has 0 spiro atoms. The second-order valence-corrected chi connectivity index (χ2v) is 4.78. The molecule has 2 aromatic rings. The maximum Gasteiger partial charge on any atom is 0.128 e. The van der Waals surface area contributed by atoms with Crippen molar-refractivity contribution in [2.45, 2.75) is 5.41 Å². The molecule has 100 valence electrons. The van der Waals surface area contributed by atoms with Gasteiger partial charge in [0.15, 0.2) is 0 Å². The maximum atomic E-state index is 9.51. The molecule has 0 radical (unpaired) electrons. The Labute approximate surface area is 111 Å². The van der Waals surface area contributed by atoms with Gasteiger partial charge in [0.05, 0.1) is 44.2 Å². The van der Waals surface area contributed by atoms with Crippen LogP contribution in [0.15, 0.2) is 30.5 Å². The number of hydrogen-bond donors (Lipinski definition) is 2. The van der Waals surface area contributed by atoms with Crippen LogP contribution in [0.5, 0.6) is 5.75 Å². The molecule has 2 heterocycles. The van der Waals surface area contributed by atoms with E-state index in [2.05, 4.69) is 9.97 Å². The van der Waals surface area contributed by atoms with Crippen molar-refractivity contribution < 1.29 is 14.6 Å². The average molecular weight is 260 g/mol. The van der Waals surface area contributed by atoms with Crippen molar-refractivity contribution >= 4 is 0 Å². The number of aliphatic hydroxyl groups is 1. The van der Waals surface area contributed by atoms with Crippen molar-refractivity contribution in [3.63, 3.8) is 0 Å². The van der Waals surface area contributed by atoms with E-state index in [9.17, 15) is 5.11 Å². The van der Waals surface area contributed by atoms with Crippen molar-refractivity contribution in [2.75, 3.05) is 26.9 Å². The minimum atomic E-state index is -0.375. The molecule has 1 aliphatic rings. The summed E-state index contributed by atoms with van der Waals surface area (Å²) in [6, 6.07) is 7.75. The number of ether oxygens (including phenoxy) is 2. The van der Waals surface area contributed by atoms with Gasteiger partial charge in [-0.2, -0.15) is 0 Å². The fraction of sp³-hybridized carbons (Fsp3) is 0.357. The highest BCUT2D eigenvalue weighted by molar-refractivity contribution is 5.66. The standard InChI is InChI=1S/C14H16N2O3/c1-18-12-5-3-2-4-10(12)11-6-15-13(16-11)14(7-17)8-19-9-14/h2-6,17H,7-9H2,1H3,(H,15,16). The molecular weight excluding hydrogens is 244 g/mol. The summed E-state index contributed by atoms with van der Waals surface area (Å²) in [4.78, 5) is 7.65. The van der Waals surface area contributed by atoms with Crippen molar-refractivity contribution in [1.82, 2.24) is 9.97 Å². The predicted molar refractivity (Wildman–Crippen MR) is 70.2 cm³/mol. The van der Waals surface area contributed by atoms with Crippen molar-refractivity contribution in [1.29, 1.82) is 0 Å². The lowest BCUT2D eigenvalue weighted by Gasteiger charge is -2.37. The van der Waals surface area contributed by atoms with Crippen LogP contribution in [0.2, 0.25) is 0 Å². The Morgan fingerprint density at radius 3 is 2.84 bits per heavy atom. The molecule has 1 aliphatic heterocycles. The third-order valence-corrected chi connectivity index (χ3v) is 3.53. The van der Waals surface area contributed by atoms with Gasteiger partial charge in [-0.25, -0.2) is 4.98 Å². The smallest absolute Gasteiger partial charge is 0.128 e. The summed E-state index contributed by atoms with van der Waals surface area (Å²) in [5, 5.41) is 9.51. The van der Waals surface area contributed by atoms with Gasteiger partial charge in [0, 0.05) is 5.56 Å². The van der Waals surface area contributed by atoms with Crippen LogP contribution in [0, 0.1) is 0 Å². The van der Waals surface area contributed by atoms with Crippen LogP contribution in [0.3, 0.4) is 0 Å². The molecule has 1 aromatic carbocycles. The number of hydrogen-bond acceptors (Lipinski definition) is 4. The van der Waals surface area contributed by atoms with Gasteiger partial charge >= 0.3 is 0 Å². The highest BCUT2D eigenvalue weighted by Gasteiger charge is 2.42. The molecule has 5 heteroatoms. The zero-order valence-electron chi connectivity index (χ0n) is 10.7. The van der Waals surface area contributed by atoms with Crippen LogP contribution in [-0.4, -0.2) is 42.0 Å². The van der Waals surface area contributed by atoms with Gasteiger partial charge in [0.25, 0.3) is 0 Å². The van der Waals surface area contributed by atoms with E-state index < -0.39 is 0 Å². The van der Waals surface area contributed by atoms with Gasteiger partial charge in [-0.05, 0) is 12.1 Å². The highest BCUT2D eigenvalue weighted by Crippen LogP contribution is 2.33. The Morgan fingerprint density at radius 1 is 1.42 bits per heavy atom. The summed E-state index contributed by atoms with van der Waals surface area (Å²) >= 11 is 0. The Morgan fingerprint density at radius 2 is 2.21 bits per heavy atom. The number of methoxy groups -OCH3 is 1. The molecule has 1 saturated heterocycles. The third kappa shape index (κ3) is 1.91. The minimum absolute atomic E-state index is 0.0336. The topological polar surface area (TPSA) is 67.4 Å². The molecule has 0 aliphatic carbocycles. The van der Waals surface area contributed by atoms with E-state index >= 15 is 0 Å². The van der Waals surface area contributed by atoms with E-state index in [0.29, 0.717) is 13.2 Å². The summed E-state index contributed by atoms with van der Waals surface area (Å²) in [6.45, 7) is 1.04. The summed E-state index contributed by atoms with van der Waals surface area (Å²) in [5.74, 6) is 1.56. The number of imidazole rings is 1. The molecule has 0 bridgehead atoms. The minimum Gasteiger partial charge on any atom is -0.496 e. The lowest BCUT2D eigenvalue weighted by Crippen LogP contribution is -2.50. The van der Waals surface area contributed by atoms with Gasteiger partial charge in [-0.15, -0.1) is 0 Å². The number of aliphatic hydroxyl groups excluding tert-OH is 1. The van der Waals surface area contributed by atoms with Crippen LogP contribution >= 0.6 is 0 Å². The molecule has 2 N–H and O–H groups in total. The Hall–Kier alpha value is -1.85. The zero-order valence-corrected chi connectivity index (χ0v) is 10.7. The lowest BCUT2D eigenvalue weighted by atomic mass is 9.86. The van der Waals surface area contributed by atoms with E-state index in [-0.39, 0.29) is 12.0 Å². The van der Waals surface area contributed by atoms with E-state index in [1.807, 2.05) is 24.3 Å². The molecule has 0 saturated carbocycles. The quantitative estimate of drug-likeness (QED) is 0.870. The molecule has 0 atom stereocenters. The highest BCUT2D eigenvalue weighted by atomic mass is 16.5. The number of nitrogens with zero attached hydrogens (tertiary/aromatic N) is 1. The van der Waals surface area contributed by atoms with Gasteiger partial charge in [0.1, 0.15) is 11.6 Å². The number of nitrogens with one attached hydrogen (secondary N) is 1. The lowest BCUT2D eigenvalue weighted by molar-refractivity contribution is -0.0880. The van der Waals surface area contributed by atoms with Crippen molar-refractivity contribution in [3.8, 4) is 17.0 Å². The van der Waals surface area contributed by atoms with Crippen LogP contribution in [-0.2, 0) is 10.2 Å². The fourth-order valence-electron chi connectivity index (χ4n) is 2.25. The first-order chi connectivity index (χ1) is 9.29. The second kappa shape index (κ2) is 4.68. The molecule has 0 unspecified atom stereocenters. The van der Waals surface area contributed by atoms with Crippen molar-refractivity contribution in [2.24, 2.45) is 0 Å². The van der Waals surface area contributed by atoms with E-state index in [0.717, 1.165) is 22.8 Å².